The maximum atomic E-state index is 12.8. The first-order chi connectivity index (χ1) is 17.4. The molecule has 188 valence electrons. The third kappa shape index (κ3) is 3.22. The van der Waals surface area contributed by atoms with Crippen molar-refractivity contribution in [1.82, 2.24) is 9.88 Å². The van der Waals surface area contributed by atoms with Crippen molar-refractivity contribution in [1.29, 1.82) is 0 Å². The van der Waals surface area contributed by atoms with E-state index in [1.54, 1.807) is 12.4 Å². The summed E-state index contributed by atoms with van der Waals surface area (Å²) in [6, 6.07) is 18.1. The highest BCUT2D eigenvalue weighted by molar-refractivity contribution is 9.10. The van der Waals surface area contributed by atoms with Crippen LogP contribution >= 0.6 is 15.9 Å². The molecule has 5 unspecified atom stereocenters. The first kappa shape index (κ1) is 23.9. The van der Waals surface area contributed by atoms with Gasteiger partial charge in [-0.3, -0.25) is 9.88 Å². The van der Waals surface area contributed by atoms with Crippen molar-refractivity contribution < 1.29 is 24.4 Å². The Morgan fingerprint density at radius 3 is 2.47 bits per heavy atom. The number of methoxy groups -OCH3 is 1. The lowest BCUT2D eigenvalue weighted by Gasteiger charge is -2.41. The number of benzene rings is 2. The maximum Gasteiger partial charge on any atom is 0.177 e. The Labute approximate surface area is 218 Å². The van der Waals surface area contributed by atoms with Gasteiger partial charge in [0, 0.05) is 22.9 Å². The van der Waals surface area contributed by atoms with Crippen molar-refractivity contribution in [3.8, 4) is 11.5 Å². The number of ether oxygens (including phenoxy) is 3. The summed E-state index contributed by atoms with van der Waals surface area (Å²) in [6.07, 6.45) is 2.01. The molecule has 5 atom stereocenters. The number of halogens is 1. The molecule has 0 radical (unpaired) electrons. The van der Waals surface area contributed by atoms with Gasteiger partial charge in [-0.15, -0.1) is 0 Å². The van der Waals surface area contributed by atoms with Crippen molar-refractivity contribution >= 4 is 15.9 Å². The van der Waals surface area contributed by atoms with Crippen LogP contribution in [-0.4, -0.2) is 66.2 Å². The predicted octanol–water partition coefficient (Wildman–Crippen LogP) is 3.43. The summed E-state index contributed by atoms with van der Waals surface area (Å²) in [7, 11) is 3.59. The van der Waals surface area contributed by atoms with Gasteiger partial charge in [-0.05, 0) is 30.3 Å². The fourth-order valence-electron chi connectivity index (χ4n) is 6.39. The maximum absolute atomic E-state index is 12.8. The van der Waals surface area contributed by atoms with E-state index in [1.165, 1.54) is 7.11 Å². The number of hydrogen-bond donors (Lipinski definition) is 2. The van der Waals surface area contributed by atoms with Gasteiger partial charge in [0.2, 0.25) is 0 Å². The van der Waals surface area contributed by atoms with Crippen LogP contribution in [0.5, 0.6) is 11.5 Å². The largest absolute Gasteiger partial charge is 0.495 e. The second kappa shape index (κ2) is 8.82. The number of hydrogen-bond acceptors (Lipinski definition) is 7. The zero-order valence-electron chi connectivity index (χ0n) is 20.2. The van der Waals surface area contributed by atoms with Crippen LogP contribution in [0.2, 0.25) is 0 Å². The molecule has 3 heterocycles. The number of aromatic nitrogens is 1. The van der Waals surface area contributed by atoms with Gasteiger partial charge in [0.05, 0.1) is 50.4 Å². The fraction of sp³-hybridized carbons (Fsp3) is 0.393. The molecule has 6 rings (SSSR count). The number of nitrogens with zero attached hydrogens (tertiary/aromatic N) is 2. The van der Waals surface area contributed by atoms with Crippen LogP contribution in [-0.2, 0) is 15.9 Å². The van der Waals surface area contributed by atoms with Gasteiger partial charge in [-0.2, -0.15) is 0 Å². The molecule has 0 amide bonds. The zero-order valence-corrected chi connectivity index (χ0v) is 21.8. The van der Waals surface area contributed by atoms with E-state index in [4.69, 9.17) is 14.2 Å². The third-order valence-corrected chi connectivity index (χ3v) is 8.72. The van der Waals surface area contributed by atoms with E-state index in [9.17, 15) is 10.2 Å². The molecule has 7 nitrogen and oxygen atoms in total. The predicted molar refractivity (Wildman–Crippen MR) is 137 cm³/mol. The molecule has 0 spiro atoms. The van der Waals surface area contributed by atoms with E-state index in [1.807, 2.05) is 61.6 Å². The Kier molecular flexibility index (Phi) is 5.85. The zero-order chi connectivity index (χ0) is 25.1. The molecule has 1 saturated carbocycles. The lowest BCUT2D eigenvalue weighted by molar-refractivity contribution is -0.153. The molecular weight excluding hydrogens is 524 g/mol. The average Bonchev–Trinajstić information content (AvgIpc) is 3.22. The number of aliphatic hydroxyl groups excluding tert-OH is 1. The van der Waals surface area contributed by atoms with Gasteiger partial charge >= 0.3 is 0 Å². The molecule has 1 aliphatic carbocycles. The second-order valence-electron chi connectivity index (χ2n) is 9.95. The smallest absolute Gasteiger partial charge is 0.177 e. The van der Waals surface area contributed by atoms with Gasteiger partial charge in [-0.25, -0.2) is 0 Å². The summed E-state index contributed by atoms with van der Waals surface area (Å²) in [5.41, 5.74) is -0.898. The average molecular weight is 553 g/mol. The number of fused-ring (bicyclic) bond motifs is 3. The fourth-order valence-corrected chi connectivity index (χ4v) is 6.66. The quantitative estimate of drug-likeness (QED) is 0.484. The second-order valence-corrected chi connectivity index (χ2v) is 10.9. The van der Waals surface area contributed by atoms with Crippen molar-refractivity contribution in [2.24, 2.45) is 5.92 Å². The molecule has 1 saturated heterocycles. The Morgan fingerprint density at radius 2 is 1.83 bits per heavy atom. The molecule has 2 N–H and O–H groups in total. The van der Waals surface area contributed by atoms with Crippen LogP contribution in [0.15, 0.2) is 71.5 Å². The topological polar surface area (TPSA) is 84.3 Å². The van der Waals surface area contributed by atoms with Crippen molar-refractivity contribution in [2.45, 2.75) is 29.3 Å². The summed E-state index contributed by atoms with van der Waals surface area (Å²) < 4.78 is 18.8. The number of aliphatic hydroxyl groups is 2. The Hall–Kier alpha value is -2.49. The molecule has 1 aromatic heterocycles. The van der Waals surface area contributed by atoms with E-state index >= 15 is 0 Å². The summed E-state index contributed by atoms with van der Waals surface area (Å²) in [5.74, 6) is 0.0817. The highest BCUT2D eigenvalue weighted by Crippen LogP contribution is 2.69. The van der Waals surface area contributed by atoms with E-state index in [2.05, 4.69) is 25.8 Å². The summed E-state index contributed by atoms with van der Waals surface area (Å²) in [4.78, 5) is 6.50. The molecule has 2 aromatic carbocycles. The Bertz CT molecular complexity index is 1250. The molecule has 3 aromatic rings. The van der Waals surface area contributed by atoms with Gasteiger partial charge in [-0.1, -0.05) is 58.4 Å². The van der Waals surface area contributed by atoms with E-state index in [0.29, 0.717) is 36.8 Å². The van der Waals surface area contributed by atoms with Crippen LogP contribution < -0.4 is 9.47 Å². The highest BCUT2D eigenvalue weighted by Gasteiger charge is 2.76. The Morgan fingerprint density at radius 1 is 1.11 bits per heavy atom. The standard InChI is InChI=1S/C28H29BrN2O5/c1-31(20-15-35-16-20)14-21-24(17-6-4-3-5-7-17)28(18-8-10-19(29)11-9-18)27(33,26(21)32)25-22(34-2)12-30-13-23(25)36-28/h3-13,20-21,24,26,32-33H,14-16H2,1-2H3. The monoisotopic (exact) mass is 552 g/mol. The minimum Gasteiger partial charge on any atom is -0.495 e. The highest BCUT2D eigenvalue weighted by atomic mass is 79.9. The normalized spacial score (nSPS) is 31.0. The molecule has 3 aliphatic rings. The van der Waals surface area contributed by atoms with Crippen molar-refractivity contribution in [3.63, 3.8) is 0 Å². The van der Waals surface area contributed by atoms with Crippen LogP contribution in [0.1, 0.15) is 22.6 Å². The van der Waals surface area contributed by atoms with Gasteiger partial charge in [0.25, 0.3) is 0 Å². The van der Waals surface area contributed by atoms with Crippen LogP contribution in [0.4, 0.5) is 0 Å². The minimum atomic E-state index is -1.79. The van der Waals surface area contributed by atoms with Crippen molar-refractivity contribution in [3.05, 3.63) is 88.2 Å². The van der Waals surface area contributed by atoms with Crippen LogP contribution in [0.25, 0.3) is 0 Å². The summed E-state index contributed by atoms with van der Waals surface area (Å²) in [6.45, 7) is 1.88. The first-order valence-corrected chi connectivity index (χ1v) is 12.9. The molecule has 2 fully saturated rings. The summed E-state index contributed by atoms with van der Waals surface area (Å²) >= 11 is 3.53. The third-order valence-electron chi connectivity index (χ3n) is 8.19. The van der Waals surface area contributed by atoms with Crippen LogP contribution in [0, 0.1) is 5.92 Å². The lowest BCUT2D eigenvalue weighted by Crippen LogP contribution is -2.52. The molecule has 8 heteroatoms. The Balaban J connectivity index is 1.61. The minimum absolute atomic E-state index is 0.277. The first-order valence-electron chi connectivity index (χ1n) is 12.1. The van der Waals surface area contributed by atoms with Crippen LogP contribution in [0.3, 0.4) is 0 Å². The number of rotatable bonds is 6. The SMILES string of the molecule is COc1cncc2c1C1(O)C(O)C(CN(C)C3COC3)C(c3ccccc3)C1(c1ccc(Br)cc1)O2. The molecular formula is C28H29BrN2O5. The van der Waals surface area contributed by atoms with Gasteiger partial charge in [0.1, 0.15) is 11.5 Å². The number of pyridine rings is 1. The van der Waals surface area contributed by atoms with Gasteiger partial charge in [0.15, 0.2) is 11.2 Å². The lowest BCUT2D eigenvalue weighted by atomic mass is 9.70. The summed E-state index contributed by atoms with van der Waals surface area (Å²) in [5, 5.41) is 25.0. The molecule has 36 heavy (non-hydrogen) atoms. The number of likely N-dealkylation sites (N-methyl/N-ethyl adjacent to an activating group) is 1. The molecule has 0 bridgehead atoms. The molecule has 2 aliphatic heterocycles. The van der Waals surface area contributed by atoms with E-state index in [0.717, 1.165) is 15.6 Å². The van der Waals surface area contributed by atoms with E-state index in [-0.39, 0.29) is 17.9 Å². The van der Waals surface area contributed by atoms with Crippen molar-refractivity contribution in [2.75, 3.05) is 33.9 Å². The van der Waals surface area contributed by atoms with Gasteiger partial charge < -0.3 is 24.4 Å². The van der Waals surface area contributed by atoms with E-state index < -0.39 is 17.3 Å².